The first-order valence-electron chi connectivity index (χ1n) is 12.3. The molecule has 5 nitrogen and oxygen atoms in total. The lowest BCUT2D eigenvalue weighted by atomic mass is 10.1. The summed E-state index contributed by atoms with van der Waals surface area (Å²) in [5.41, 5.74) is 7.00. The average molecular weight is 488 g/mol. The van der Waals surface area contributed by atoms with E-state index < -0.39 is 0 Å². The number of fused-ring (bicyclic) bond motifs is 2. The number of rotatable bonds is 6. The van der Waals surface area contributed by atoms with Crippen LogP contribution < -0.4 is 0 Å². The second-order valence-corrected chi connectivity index (χ2v) is 9.47. The molecule has 0 unspecified atom stereocenters. The zero-order valence-electron chi connectivity index (χ0n) is 20.7. The summed E-state index contributed by atoms with van der Waals surface area (Å²) in [5, 5.41) is 1.64. The van der Waals surface area contributed by atoms with Gasteiger partial charge in [-0.25, -0.2) is 9.97 Å². The number of pyridine rings is 1. The van der Waals surface area contributed by atoms with Crippen LogP contribution in [-0.2, 0) is 0 Å². The lowest BCUT2D eigenvalue weighted by molar-refractivity contribution is 0.182. The number of allylic oxidation sites excluding steroid dienone is 1. The highest BCUT2D eigenvalue weighted by atomic mass is 35.5. The number of aromatic amines is 1. The van der Waals surface area contributed by atoms with Gasteiger partial charge in [0.1, 0.15) is 0 Å². The standard InChI is InChI=1S/C18H12ClN3.C11H22N2/c1-2-11-3-5-13-14(19)9-16(22-17(13)7-11)12-4-6-15-18(8-12)21-10-20-15;1-4-5-6-11(2)13-9-7-12(3)8-10-13/h2-10H,1H2,(H,20,21);2,4-10H2,1,3H3. The molecule has 1 saturated heterocycles. The quantitative estimate of drug-likeness (QED) is 0.317. The number of halogens is 1. The van der Waals surface area contributed by atoms with Crippen LogP contribution in [-0.4, -0.2) is 58.0 Å². The van der Waals surface area contributed by atoms with Crippen molar-refractivity contribution in [3.8, 4) is 11.3 Å². The molecule has 0 radical (unpaired) electrons. The van der Waals surface area contributed by atoms with Crippen molar-refractivity contribution in [2.45, 2.75) is 26.2 Å². The minimum atomic E-state index is 0.695. The zero-order valence-corrected chi connectivity index (χ0v) is 21.5. The third-order valence-corrected chi connectivity index (χ3v) is 6.82. The van der Waals surface area contributed by atoms with Crippen molar-refractivity contribution in [3.63, 3.8) is 0 Å². The summed E-state index contributed by atoms with van der Waals surface area (Å²) in [6.45, 7) is 14.9. The molecule has 182 valence electrons. The molecule has 0 atom stereocenters. The van der Waals surface area contributed by atoms with E-state index in [0.29, 0.717) is 5.02 Å². The number of aromatic nitrogens is 3. The van der Waals surface area contributed by atoms with Gasteiger partial charge in [0.15, 0.2) is 0 Å². The SMILES string of the molecule is C=C(CCCC)N1CCN(C)CC1.C=Cc1ccc2c(Cl)cc(-c3ccc4nc[nH]c4c3)nc2c1. The lowest BCUT2D eigenvalue weighted by Crippen LogP contribution is -2.43. The molecule has 0 spiro atoms. The van der Waals surface area contributed by atoms with Crippen LogP contribution in [0.15, 0.2) is 67.6 Å². The number of likely N-dealkylation sites (N-methyl/N-ethyl adjacent to an activating group) is 1. The maximum absolute atomic E-state index is 6.42. The molecule has 1 aliphatic heterocycles. The lowest BCUT2D eigenvalue weighted by Gasteiger charge is -2.35. The highest BCUT2D eigenvalue weighted by molar-refractivity contribution is 6.35. The smallest absolute Gasteiger partial charge is 0.0931 e. The number of hydrogen-bond acceptors (Lipinski definition) is 4. The van der Waals surface area contributed by atoms with Gasteiger partial charge in [0.05, 0.1) is 33.6 Å². The summed E-state index contributed by atoms with van der Waals surface area (Å²) >= 11 is 6.42. The van der Waals surface area contributed by atoms with Gasteiger partial charge in [-0.15, -0.1) is 0 Å². The van der Waals surface area contributed by atoms with Crippen LogP contribution >= 0.6 is 11.6 Å². The maximum Gasteiger partial charge on any atom is 0.0931 e. The molecule has 6 heteroatoms. The first kappa shape index (κ1) is 25.0. The van der Waals surface area contributed by atoms with Crippen molar-refractivity contribution in [2.75, 3.05) is 33.2 Å². The maximum atomic E-state index is 6.42. The van der Waals surface area contributed by atoms with E-state index in [1.165, 1.54) is 51.1 Å². The van der Waals surface area contributed by atoms with Crippen molar-refractivity contribution in [1.29, 1.82) is 0 Å². The van der Waals surface area contributed by atoms with Gasteiger partial charge >= 0.3 is 0 Å². The van der Waals surface area contributed by atoms with E-state index in [1.807, 2.05) is 42.5 Å². The number of piperazine rings is 1. The second kappa shape index (κ2) is 11.5. The van der Waals surface area contributed by atoms with Gasteiger partial charge in [-0.05, 0) is 49.7 Å². The van der Waals surface area contributed by atoms with E-state index in [-0.39, 0.29) is 0 Å². The number of imidazole rings is 1. The van der Waals surface area contributed by atoms with E-state index >= 15 is 0 Å². The van der Waals surface area contributed by atoms with E-state index in [2.05, 4.69) is 46.9 Å². The van der Waals surface area contributed by atoms with Crippen molar-refractivity contribution < 1.29 is 0 Å². The van der Waals surface area contributed by atoms with Gasteiger partial charge in [0.2, 0.25) is 0 Å². The number of nitrogens with zero attached hydrogens (tertiary/aromatic N) is 4. The topological polar surface area (TPSA) is 48.0 Å². The molecule has 35 heavy (non-hydrogen) atoms. The summed E-state index contributed by atoms with van der Waals surface area (Å²) < 4.78 is 0. The third-order valence-electron chi connectivity index (χ3n) is 6.50. The molecule has 0 bridgehead atoms. The van der Waals surface area contributed by atoms with Gasteiger partial charge in [0, 0.05) is 42.8 Å². The van der Waals surface area contributed by atoms with Gasteiger partial charge in [-0.3, -0.25) is 0 Å². The third kappa shape index (κ3) is 6.11. The Labute approximate surface area is 213 Å². The fraction of sp³-hybridized carbons (Fsp3) is 0.310. The highest BCUT2D eigenvalue weighted by Gasteiger charge is 2.14. The highest BCUT2D eigenvalue weighted by Crippen LogP contribution is 2.30. The Hall–Kier alpha value is -3.15. The van der Waals surface area contributed by atoms with Crippen molar-refractivity contribution in [1.82, 2.24) is 24.8 Å². The molecule has 1 aliphatic rings. The number of unbranched alkanes of at least 4 members (excludes halogenated alkanes) is 1. The molecule has 4 aromatic rings. The molecule has 0 amide bonds. The molecule has 1 N–H and O–H groups in total. The second-order valence-electron chi connectivity index (χ2n) is 9.06. The van der Waals surface area contributed by atoms with Crippen LogP contribution in [0.3, 0.4) is 0 Å². The Balaban J connectivity index is 0.000000191. The summed E-state index contributed by atoms with van der Waals surface area (Å²) in [6, 6.07) is 13.9. The predicted molar refractivity (Wildman–Crippen MR) is 150 cm³/mol. The average Bonchev–Trinajstić information content (AvgIpc) is 3.35. The van der Waals surface area contributed by atoms with E-state index in [0.717, 1.165) is 38.8 Å². The number of benzene rings is 2. The van der Waals surface area contributed by atoms with Crippen LogP contribution in [0.4, 0.5) is 0 Å². The largest absolute Gasteiger partial charge is 0.373 e. The van der Waals surface area contributed by atoms with Crippen molar-refractivity contribution >= 4 is 39.6 Å². The van der Waals surface area contributed by atoms with E-state index in [1.54, 1.807) is 12.4 Å². The van der Waals surface area contributed by atoms with E-state index in [4.69, 9.17) is 16.6 Å². The molecule has 3 heterocycles. The fourth-order valence-electron chi connectivity index (χ4n) is 4.23. The molecule has 0 aliphatic carbocycles. The van der Waals surface area contributed by atoms with Crippen molar-refractivity contribution in [3.05, 3.63) is 78.2 Å². The van der Waals surface area contributed by atoms with Crippen LogP contribution in [0.5, 0.6) is 0 Å². The van der Waals surface area contributed by atoms with Crippen LogP contribution in [0.25, 0.3) is 39.3 Å². The minimum absolute atomic E-state index is 0.695. The first-order valence-corrected chi connectivity index (χ1v) is 12.6. The Morgan fingerprint density at radius 2 is 1.89 bits per heavy atom. The molecular formula is C29H34ClN5. The molecule has 1 fully saturated rings. The number of nitrogens with one attached hydrogen (secondary N) is 1. The Bertz CT molecular complexity index is 1320. The van der Waals surface area contributed by atoms with Crippen LogP contribution in [0, 0.1) is 0 Å². The summed E-state index contributed by atoms with van der Waals surface area (Å²) in [4.78, 5) is 16.9. The molecule has 2 aromatic carbocycles. The van der Waals surface area contributed by atoms with Crippen LogP contribution in [0.1, 0.15) is 31.7 Å². The van der Waals surface area contributed by atoms with Crippen LogP contribution in [0.2, 0.25) is 5.02 Å². The molecule has 2 aromatic heterocycles. The summed E-state index contributed by atoms with van der Waals surface area (Å²) in [5.74, 6) is 0. The molecule has 0 saturated carbocycles. The van der Waals surface area contributed by atoms with Crippen molar-refractivity contribution in [2.24, 2.45) is 0 Å². The van der Waals surface area contributed by atoms with Gasteiger partial charge in [-0.2, -0.15) is 0 Å². The Kier molecular flexibility index (Phi) is 8.21. The van der Waals surface area contributed by atoms with Gasteiger partial charge in [-0.1, -0.05) is 62.4 Å². The predicted octanol–water partition coefficient (Wildman–Crippen LogP) is 7.01. The van der Waals surface area contributed by atoms with Gasteiger partial charge in [0.25, 0.3) is 0 Å². The zero-order chi connectivity index (χ0) is 24.8. The van der Waals surface area contributed by atoms with Gasteiger partial charge < -0.3 is 14.8 Å². The summed E-state index contributed by atoms with van der Waals surface area (Å²) in [7, 11) is 2.19. The Morgan fingerprint density at radius 3 is 2.63 bits per heavy atom. The minimum Gasteiger partial charge on any atom is -0.373 e. The summed E-state index contributed by atoms with van der Waals surface area (Å²) in [6.07, 6.45) is 7.22. The number of H-pyrrole nitrogens is 1. The van der Waals surface area contributed by atoms with E-state index in [9.17, 15) is 0 Å². The molecular weight excluding hydrogens is 454 g/mol. The normalized spacial score (nSPS) is 14.1. The number of hydrogen-bond donors (Lipinski definition) is 1. The molecule has 5 rings (SSSR count). The first-order chi connectivity index (χ1) is 17.0. The fourth-order valence-corrected chi connectivity index (χ4v) is 4.50. The monoisotopic (exact) mass is 487 g/mol. The Morgan fingerprint density at radius 1 is 1.09 bits per heavy atom.